The highest BCUT2D eigenvalue weighted by Crippen LogP contribution is 2.10. The second kappa shape index (κ2) is 8.06. The van der Waals surface area contributed by atoms with Gasteiger partial charge in [-0.2, -0.15) is 0 Å². The van der Waals surface area contributed by atoms with Gasteiger partial charge in [0.05, 0.1) is 24.7 Å². The molecule has 0 radical (unpaired) electrons. The van der Waals surface area contributed by atoms with Gasteiger partial charge in [0.15, 0.2) is 5.65 Å². The fraction of sp³-hybridized carbons (Fsp3) is 0.462. The van der Waals surface area contributed by atoms with E-state index in [2.05, 4.69) is 36.5 Å². The normalized spacial score (nSPS) is 11.0. The Morgan fingerprint density at radius 1 is 1.38 bits per heavy atom. The summed E-state index contributed by atoms with van der Waals surface area (Å²) in [6.45, 7) is 2.33. The Bertz CT molecular complexity index is 601. The number of imidazole rings is 1. The van der Waals surface area contributed by atoms with Crippen LogP contribution in [-0.4, -0.2) is 47.1 Å². The molecule has 0 unspecified atom stereocenters. The van der Waals surface area contributed by atoms with Crippen LogP contribution in [0, 0.1) is 0 Å². The predicted octanol–water partition coefficient (Wildman–Crippen LogP) is 0.734. The molecule has 7 nitrogen and oxygen atoms in total. The van der Waals surface area contributed by atoms with Crippen LogP contribution in [-0.2, 0) is 16.1 Å². The highest BCUT2D eigenvalue weighted by Gasteiger charge is 2.05. The van der Waals surface area contributed by atoms with Gasteiger partial charge in [0, 0.05) is 39.4 Å². The van der Waals surface area contributed by atoms with Gasteiger partial charge in [0.1, 0.15) is 4.60 Å². The average molecular weight is 356 g/mol. The van der Waals surface area contributed by atoms with E-state index in [1.54, 1.807) is 19.5 Å². The highest BCUT2D eigenvalue weighted by molar-refractivity contribution is 9.10. The summed E-state index contributed by atoms with van der Waals surface area (Å²) in [4.78, 5) is 19.9. The Morgan fingerprint density at radius 2 is 2.24 bits per heavy atom. The number of hydrogen-bond donors (Lipinski definition) is 2. The molecule has 2 heterocycles. The van der Waals surface area contributed by atoms with Crippen LogP contribution in [0.5, 0.6) is 0 Å². The molecule has 0 spiro atoms. The topological polar surface area (TPSA) is 80.5 Å². The second-order valence-corrected chi connectivity index (χ2v) is 5.27. The summed E-state index contributed by atoms with van der Waals surface area (Å²) in [5.41, 5.74) is 1.82. The third-order valence-corrected chi connectivity index (χ3v) is 3.31. The van der Waals surface area contributed by atoms with Crippen LogP contribution in [0.4, 0.5) is 0 Å². The molecule has 0 fully saturated rings. The zero-order chi connectivity index (χ0) is 15.1. The lowest BCUT2D eigenvalue weighted by Gasteiger charge is -2.06. The number of rotatable bonds is 8. The van der Waals surface area contributed by atoms with Crippen LogP contribution in [0.2, 0.25) is 0 Å². The Kier molecular flexibility index (Phi) is 6.09. The summed E-state index contributed by atoms with van der Waals surface area (Å²) in [6.07, 6.45) is 5.81. The average Bonchev–Trinajstić information content (AvgIpc) is 2.86. The number of nitrogens with zero attached hydrogens (tertiary/aromatic N) is 3. The van der Waals surface area contributed by atoms with E-state index >= 15 is 0 Å². The van der Waals surface area contributed by atoms with Crippen molar-refractivity contribution in [1.29, 1.82) is 0 Å². The first-order chi connectivity index (χ1) is 10.2. The van der Waals surface area contributed by atoms with E-state index in [1.165, 1.54) is 0 Å². The molecule has 0 aliphatic heterocycles. The summed E-state index contributed by atoms with van der Waals surface area (Å²) >= 11 is 3.34. The molecule has 2 N–H and O–H groups in total. The number of carbonyl (C=O) groups excluding carboxylic acids is 1. The van der Waals surface area contributed by atoms with E-state index in [0.29, 0.717) is 32.7 Å². The lowest BCUT2D eigenvalue weighted by Crippen LogP contribution is -2.30. The van der Waals surface area contributed by atoms with Crippen LogP contribution < -0.4 is 10.6 Å². The van der Waals surface area contributed by atoms with E-state index < -0.39 is 0 Å². The molecule has 2 aromatic heterocycles. The summed E-state index contributed by atoms with van der Waals surface area (Å²) in [5, 5.41) is 6.01. The van der Waals surface area contributed by atoms with E-state index in [4.69, 9.17) is 4.74 Å². The highest BCUT2D eigenvalue weighted by atomic mass is 79.9. The molecule has 0 bridgehead atoms. The molecule has 1 amide bonds. The monoisotopic (exact) mass is 355 g/mol. The minimum atomic E-state index is 0.0182. The Hall–Kier alpha value is -1.51. The molecule has 0 saturated heterocycles. The SMILES string of the molecule is COCCNC(=O)CCNCc1cnc2cnc(Br)cn12. The molecular weight excluding hydrogens is 338 g/mol. The summed E-state index contributed by atoms with van der Waals surface area (Å²) in [5.74, 6) is 0.0182. The second-order valence-electron chi connectivity index (χ2n) is 4.46. The van der Waals surface area contributed by atoms with E-state index in [9.17, 15) is 4.79 Å². The summed E-state index contributed by atoms with van der Waals surface area (Å²) < 4.78 is 7.59. The maximum absolute atomic E-state index is 11.5. The van der Waals surface area contributed by atoms with Gasteiger partial charge < -0.3 is 15.4 Å². The fourth-order valence-electron chi connectivity index (χ4n) is 1.85. The first kappa shape index (κ1) is 15.9. The van der Waals surface area contributed by atoms with Crippen LogP contribution in [0.3, 0.4) is 0 Å². The molecule has 0 saturated carbocycles. The number of amides is 1. The molecule has 0 atom stereocenters. The maximum atomic E-state index is 11.5. The van der Waals surface area contributed by atoms with E-state index in [-0.39, 0.29) is 5.91 Å². The third kappa shape index (κ3) is 4.76. The van der Waals surface area contributed by atoms with Crippen molar-refractivity contribution in [1.82, 2.24) is 25.0 Å². The van der Waals surface area contributed by atoms with Gasteiger partial charge in [0.25, 0.3) is 0 Å². The minimum absolute atomic E-state index is 0.0182. The fourth-order valence-corrected chi connectivity index (χ4v) is 2.15. The molecule has 2 aromatic rings. The number of nitrogens with one attached hydrogen (secondary N) is 2. The number of fused-ring (bicyclic) bond motifs is 1. The van der Waals surface area contributed by atoms with Gasteiger partial charge in [-0.1, -0.05) is 0 Å². The molecular formula is C13H18BrN5O2. The van der Waals surface area contributed by atoms with Crippen molar-refractivity contribution in [2.75, 3.05) is 26.8 Å². The number of ether oxygens (including phenoxy) is 1. The van der Waals surface area contributed by atoms with Crippen LogP contribution in [0.25, 0.3) is 5.65 Å². The third-order valence-electron chi connectivity index (χ3n) is 2.90. The van der Waals surface area contributed by atoms with Crippen molar-refractivity contribution < 1.29 is 9.53 Å². The quantitative estimate of drug-likeness (QED) is 0.682. The number of methoxy groups -OCH3 is 1. The molecule has 0 aliphatic rings. The van der Waals surface area contributed by atoms with Crippen molar-refractivity contribution in [3.63, 3.8) is 0 Å². The Morgan fingerprint density at radius 3 is 3.05 bits per heavy atom. The number of aromatic nitrogens is 3. The molecule has 0 aliphatic carbocycles. The number of hydrogen-bond acceptors (Lipinski definition) is 5. The first-order valence-corrected chi connectivity index (χ1v) is 7.44. The minimum Gasteiger partial charge on any atom is -0.383 e. The molecule has 0 aromatic carbocycles. The molecule has 114 valence electrons. The van der Waals surface area contributed by atoms with Crippen molar-refractivity contribution in [2.45, 2.75) is 13.0 Å². The first-order valence-electron chi connectivity index (χ1n) is 6.64. The summed E-state index contributed by atoms with van der Waals surface area (Å²) in [6, 6.07) is 0. The van der Waals surface area contributed by atoms with Crippen LogP contribution >= 0.6 is 15.9 Å². The van der Waals surface area contributed by atoms with Gasteiger partial charge in [-0.25, -0.2) is 9.97 Å². The van der Waals surface area contributed by atoms with Gasteiger partial charge in [0.2, 0.25) is 5.91 Å². The van der Waals surface area contributed by atoms with Crippen molar-refractivity contribution in [3.05, 3.63) is 28.9 Å². The van der Waals surface area contributed by atoms with E-state index in [0.717, 1.165) is 15.9 Å². The van der Waals surface area contributed by atoms with Crippen LogP contribution in [0.1, 0.15) is 12.1 Å². The van der Waals surface area contributed by atoms with Crippen LogP contribution in [0.15, 0.2) is 23.2 Å². The maximum Gasteiger partial charge on any atom is 0.221 e. The van der Waals surface area contributed by atoms with Gasteiger partial charge in [-0.05, 0) is 15.9 Å². The Labute approximate surface area is 131 Å². The molecule has 2 rings (SSSR count). The Balaban J connectivity index is 1.75. The lowest BCUT2D eigenvalue weighted by atomic mass is 10.3. The van der Waals surface area contributed by atoms with Gasteiger partial charge in [-0.15, -0.1) is 0 Å². The number of carbonyl (C=O) groups is 1. The zero-order valence-electron chi connectivity index (χ0n) is 11.8. The number of halogens is 1. The smallest absolute Gasteiger partial charge is 0.221 e. The van der Waals surface area contributed by atoms with Crippen molar-refractivity contribution in [3.8, 4) is 0 Å². The largest absolute Gasteiger partial charge is 0.383 e. The predicted molar refractivity (Wildman–Crippen MR) is 81.9 cm³/mol. The lowest BCUT2D eigenvalue weighted by molar-refractivity contribution is -0.121. The van der Waals surface area contributed by atoms with Gasteiger partial charge >= 0.3 is 0 Å². The van der Waals surface area contributed by atoms with E-state index in [1.807, 2.05) is 10.6 Å². The molecule has 21 heavy (non-hydrogen) atoms. The van der Waals surface area contributed by atoms with Crippen molar-refractivity contribution in [2.24, 2.45) is 0 Å². The zero-order valence-corrected chi connectivity index (χ0v) is 13.4. The summed E-state index contributed by atoms with van der Waals surface area (Å²) in [7, 11) is 1.61. The molecule has 8 heteroatoms. The van der Waals surface area contributed by atoms with Crippen molar-refractivity contribution >= 4 is 27.5 Å². The van der Waals surface area contributed by atoms with Gasteiger partial charge in [-0.3, -0.25) is 9.20 Å². The standard InChI is InChI=1S/C13H18BrN5O2/c1-21-5-4-16-13(20)2-3-15-6-10-7-18-12-8-17-11(14)9-19(10)12/h7-9,15H,2-6H2,1H3,(H,16,20).